The Morgan fingerprint density at radius 1 is 1.16 bits per heavy atom. The van der Waals surface area contributed by atoms with Crippen molar-refractivity contribution >= 4 is 11.5 Å². The molecule has 0 aliphatic rings. The Hall–Kier alpha value is -2.76. The third-order valence-electron chi connectivity index (χ3n) is 2.94. The highest BCUT2D eigenvalue weighted by molar-refractivity contribution is 5.71. The summed E-state index contributed by atoms with van der Waals surface area (Å²) in [6.45, 7) is 0. The zero-order valence-electron chi connectivity index (χ0n) is 10.2. The number of nitrogens with zero attached hydrogens (tertiary/aromatic N) is 3. The number of aromatic hydroxyl groups is 2. The molecule has 0 spiro atoms. The minimum Gasteiger partial charge on any atom is -0.504 e. The second-order valence-electron chi connectivity index (χ2n) is 4.07. The van der Waals surface area contributed by atoms with Crippen molar-refractivity contribution in [3.05, 3.63) is 36.8 Å². The third-order valence-corrected chi connectivity index (χ3v) is 2.94. The molecule has 6 nitrogen and oxygen atoms in total. The topological polar surface area (TPSA) is 82.7 Å². The number of anilines is 1. The lowest BCUT2D eigenvalue weighted by atomic mass is 10.1. The van der Waals surface area contributed by atoms with Gasteiger partial charge in [-0.25, -0.2) is 9.97 Å². The van der Waals surface area contributed by atoms with E-state index in [2.05, 4.69) is 15.3 Å². The SMILES string of the molecule is CNc1nccn2c(-c3ccc(O)c(O)c3)cnc12. The largest absolute Gasteiger partial charge is 0.504 e. The molecule has 0 fully saturated rings. The molecule has 3 rings (SSSR count). The first-order valence-electron chi connectivity index (χ1n) is 5.73. The summed E-state index contributed by atoms with van der Waals surface area (Å²) in [5, 5.41) is 21.9. The predicted molar refractivity (Wildman–Crippen MR) is 71.3 cm³/mol. The molecule has 6 heteroatoms. The van der Waals surface area contributed by atoms with Gasteiger partial charge in [0.25, 0.3) is 0 Å². The van der Waals surface area contributed by atoms with Gasteiger partial charge in [0.1, 0.15) is 0 Å². The number of fused-ring (bicyclic) bond motifs is 1. The zero-order valence-corrected chi connectivity index (χ0v) is 10.2. The van der Waals surface area contributed by atoms with Gasteiger partial charge in [0, 0.05) is 25.0 Å². The number of imidazole rings is 1. The molecule has 0 unspecified atom stereocenters. The van der Waals surface area contributed by atoms with Gasteiger partial charge >= 0.3 is 0 Å². The standard InChI is InChI=1S/C13H12N4O2/c1-14-12-13-16-7-9(17(13)5-4-15-12)8-2-3-10(18)11(19)6-8/h2-7,18-19H,1H3,(H,14,15). The molecule has 0 bridgehead atoms. The Kier molecular flexibility index (Phi) is 2.49. The monoisotopic (exact) mass is 256 g/mol. The van der Waals surface area contributed by atoms with E-state index in [0.717, 1.165) is 11.3 Å². The number of nitrogens with one attached hydrogen (secondary N) is 1. The van der Waals surface area contributed by atoms with E-state index in [1.165, 1.54) is 12.1 Å². The highest BCUT2D eigenvalue weighted by Gasteiger charge is 2.10. The van der Waals surface area contributed by atoms with Crippen LogP contribution < -0.4 is 5.32 Å². The number of aromatic nitrogens is 3. The van der Waals surface area contributed by atoms with Gasteiger partial charge in [-0.3, -0.25) is 4.40 Å². The number of benzene rings is 1. The molecule has 0 radical (unpaired) electrons. The van der Waals surface area contributed by atoms with Gasteiger partial charge in [0.2, 0.25) is 0 Å². The van der Waals surface area contributed by atoms with Crippen LogP contribution in [0.5, 0.6) is 11.5 Å². The van der Waals surface area contributed by atoms with Crippen LogP contribution in [0, 0.1) is 0 Å². The van der Waals surface area contributed by atoms with Gasteiger partial charge in [-0.2, -0.15) is 0 Å². The molecule has 3 aromatic rings. The highest BCUT2D eigenvalue weighted by Crippen LogP contribution is 2.31. The molecule has 0 saturated heterocycles. The smallest absolute Gasteiger partial charge is 0.180 e. The van der Waals surface area contributed by atoms with Crippen LogP contribution in [0.15, 0.2) is 36.8 Å². The predicted octanol–water partition coefficient (Wildman–Crippen LogP) is 1.85. The van der Waals surface area contributed by atoms with Crippen LogP contribution in [0.2, 0.25) is 0 Å². The lowest BCUT2D eigenvalue weighted by Crippen LogP contribution is -1.97. The fourth-order valence-electron chi connectivity index (χ4n) is 1.99. The first-order chi connectivity index (χ1) is 9.20. The molecule has 19 heavy (non-hydrogen) atoms. The van der Waals surface area contributed by atoms with Crippen LogP contribution in [0.25, 0.3) is 16.9 Å². The summed E-state index contributed by atoms with van der Waals surface area (Å²) in [5.74, 6) is 0.377. The van der Waals surface area contributed by atoms with E-state index < -0.39 is 0 Å². The number of rotatable bonds is 2. The summed E-state index contributed by atoms with van der Waals surface area (Å²) in [6, 6.07) is 4.67. The Labute approximate surface area is 109 Å². The van der Waals surface area contributed by atoms with E-state index in [1.54, 1.807) is 31.7 Å². The first-order valence-corrected chi connectivity index (χ1v) is 5.73. The molecule has 0 amide bonds. The third kappa shape index (κ3) is 1.74. The van der Waals surface area contributed by atoms with E-state index in [1.807, 2.05) is 4.40 Å². The molecule has 2 heterocycles. The maximum atomic E-state index is 9.57. The molecule has 0 aliphatic heterocycles. The molecule has 3 N–H and O–H groups in total. The van der Waals surface area contributed by atoms with Gasteiger partial charge in [0.05, 0.1) is 11.9 Å². The summed E-state index contributed by atoms with van der Waals surface area (Å²) in [4.78, 5) is 8.49. The molecular formula is C13H12N4O2. The number of hydrogen-bond donors (Lipinski definition) is 3. The van der Waals surface area contributed by atoms with Gasteiger partial charge in [-0.1, -0.05) is 0 Å². The Morgan fingerprint density at radius 2 is 2.00 bits per heavy atom. The van der Waals surface area contributed by atoms with E-state index in [9.17, 15) is 10.2 Å². The van der Waals surface area contributed by atoms with E-state index in [0.29, 0.717) is 11.5 Å². The van der Waals surface area contributed by atoms with Crippen LogP contribution in [0.4, 0.5) is 5.82 Å². The average molecular weight is 256 g/mol. The normalized spacial score (nSPS) is 10.8. The molecule has 96 valence electrons. The summed E-state index contributed by atoms with van der Waals surface area (Å²) < 4.78 is 1.87. The maximum Gasteiger partial charge on any atom is 0.180 e. The van der Waals surface area contributed by atoms with Crippen molar-refractivity contribution in [3.8, 4) is 22.8 Å². The van der Waals surface area contributed by atoms with Crippen LogP contribution >= 0.6 is 0 Å². The maximum absolute atomic E-state index is 9.57. The summed E-state index contributed by atoms with van der Waals surface area (Å²) >= 11 is 0. The van der Waals surface area contributed by atoms with Crippen LogP contribution in [0.1, 0.15) is 0 Å². The molecule has 0 atom stereocenters. The van der Waals surface area contributed by atoms with Gasteiger partial charge in [-0.05, 0) is 18.2 Å². The minimum absolute atomic E-state index is 0.143. The minimum atomic E-state index is -0.157. The fraction of sp³-hybridized carbons (Fsp3) is 0.0769. The van der Waals surface area contributed by atoms with Crippen molar-refractivity contribution in [2.45, 2.75) is 0 Å². The van der Waals surface area contributed by atoms with Crippen molar-refractivity contribution < 1.29 is 10.2 Å². The van der Waals surface area contributed by atoms with Crippen LogP contribution in [-0.4, -0.2) is 31.6 Å². The van der Waals surface area contributed by atoms with Crippen molar-refractivity contribution in [1.29, 1.82) is 0 Å². The second kappa shape index (κ2) is 4.16. The molecule has 0 saturated carbocycles. The number of phenolic OH excluding ortho intramolecular Hbond substituents is 2. The summed E-state index contributed by atoms with van der Waals surface area (Å²) in [7, 11) is 1.78. The lowest BCUT2D eigenvalue weighted by Gasteiger charge is -2.05. The lowest BCUT2D eigenvalue weighted by molar-refractivity contribution is 0.404. The van der Waals surface area contributed by atoms with Crippen molar-refractivity contribution in [3.63, 3.8) is 0 Å². The summed E-state index contributed by atoms with van der Waals surface area (Å²) in [5.41, 5.74) is 2.27. The van der Waals surface area contributed by atoms with Crippen molar-refractivity contribution in [2.75, 3.05) is 12.4 Å². The number of hydrogen-bond acceptors (Lipinski definition) is 5. The molecule has 0 aliphatic carbocycles. The Bertz CT molecular complexity index is 751. The molecule has 1 aromatic carbocycles. The highest BCUT2D eigenvalue weighted by atomic mass is 16.3. The van der Waals surface area contributed by atoms with Crippen molar-refractivity contribution in [1.82, 2.24) is 14.4 Å². The second-order valence-corrected chi connectivity index (χ2v) is 4.07. The van der Waals surface area contributed by atoms with Gasteiger partial charge < -0.3 is 15.5 Å². The fourth-order valence-corrected chi connectivity index (χ4v) is 1.99. The molecular weight excluding hydrogens is 244 g/mol. The average Bonchev–Trinajstić information content (AvgIpc) is 2.85. The number of phenols is 2. The van der Waals surface area contributed by atoms with Crippen molar-refractivity contribution in [2.24, 2.45) is 0 Å². The van der Waals surface area contributed by atoms with E-state index in [4.69, 9.17) is 0 Å². The van der Waals surface area contributed by atoms with E-state index in [-0.39, 0.29) is 11.5 Å². The van der Waals surface area contributed by atoms with Crippen LogP contribution in [0.3, 0.4) is 0 Å². The van der Waals surface area contributed by atoms with Gasteiger partial charge in [-0.15, -0.1) is 0 Å². The van der Waals surface area contributed by atoms with Gasteiger partial charge in [0.15, 0.2) is 23.0 Å². The molecule has 2 aromatic heterocycles. The Balaban J connectivity index is 2.23. The van der Waals surface area contributed by atoms with Crippen LogP contribution in [-0.2, 0) is 0 Å². The zero-order chi connectivity index (χ0) is 13.4. The summed E-state index contributed by atoms with van der Waals surface area (Å²) in [6.07, 6.45) is 5.16. The Morgan fingerprint density at radius 3 is 2.74 bits per heavy atom. The van der Waals surface area contributed by atoms with E-state index >= 15 is 0 Å². The first kappa shape index (κ1) is 11.3. The quantitative estimate of drug-likeness (QED) is 0.609.